The molecule has 2 rings (SSSR count). The zero-order valence-corrected chi connectivity index (χ0v) is 9.80. The number of nitrogens with zero attached hydrogens (tertiary/aromatic N) is 3. The zero-order valence-electron chi connectivity index (χ0n) is 9.80. The number of nitrogen functional groups attached to an aromatic ring is 1. The normalized spacial score (nSPS) is 16.3. The number of hydrogen-bond donors (Lipinski definition) is 3. The lowest BCUT2D eigenvalue weighted by Gasteiger charge is -2.14. The van der Waals surface area contributed by atoms with Gasteiger partial charge in [0, 0.05) is 13.2 Å². The van der Waals surface area contributed by atoms with Crippen molar-refractivity contribution in [3.8, 4) is 0 Å². The Morgan fingerprint density at radius 1 is 1.56 bits per heavy atom. The predicted molar refractivity (Wildman–Crippen MR) is 65.0 cm³/mol. The van der Waals surface area contributed by atoms with Crippen molar-refractivity contribution in [2.75, 3.05) is 24.2 Å². The first kappa shape index (κ1) is 12.5. The Labute approximate surface area is 103 Å². The molecule has 1 aromatic rings. The van der Waals surface area contributed by atoms with Crippen LogP contribution >= 0.6 is 0 Å². The highest BCUT2D eigenvalue weighted by atomic mass is 16.6. The van der Waals surface area contributed by atoms with Crippen LogP contribution in [0, 0.1) is 15.5 Å². The Bertz CT molecular complexity index is 461. The molecule has 4 N–H and O–H groups in total. The van der Waals surface area contributed by atoms with Gasteiger partial charge in [0.25, 0.3) is 0 Å². The van der Waals surface area contributed by atoms with E-state index in [2.05, 4.69) is 15.3 Å². The van der Waals surface area contributed by atoms with E-state index >= 15 is 0 Å². The lowest BCUT2D eigenvalue weighted by Crippen LogP contribution is -2.18. The van der Waals surface area contributed by atoms with Gasteiger partial charge in [-0.25, -0.2) is 9.97 Å². The highest BCUT2D eigenvalue weighted by Gasteiger charge is 2.42. The topological polar surface area (TPSA) is 127 Å². The van der Waals surface area contributed by atoms with Gasteiger partial charge in [0.1, 0.15) is 6.33 Å². The molecule has 1 heterocycles. The molecule has 1 aliphatic rings. The third-order valence-electron chi connectivity index (χ3n) is 3.26. The Hall–Kier alpha value is -1.96. The standard InChI is InChI=1S/C10H15N5O3/c11-8-7(15(17)18)9(14-6-13-8)12-5-10(1-2-10)3-4-16/h6,16H,1-5H2,(H3,11,12,13,14). The summed E-state index contributed by atoms with van der Waals surface area (Å²) in [6, 6.07) is 0. The SMILES string of the molecule is Nc1ncnc(NCC2(CCO)CC2)c1[N+](=O)[O-]. The monoisotopic (exact) mass is 253 g/mol. The fourth-order valence-electron chi connectivity index (χ4n) is 1.90. The minimum atomic E-state index is -0.594. The average molecular weight is 253 g/mol. The Kier molecular flexibility index (Phi) is 3.28. The van der Waals surface area contributed by atoms with Crippen LogP contribution in [-0.2, 0) is 0 Å². The minimum absolute atomic E-state index is 0.0440. The van der Waals surface area contributed by atoms with Crippen LogP contribution in [0.25, 0.3) is 0 Å². The lowest BCUT2D eigenvalue weighted by atomic mass is 10.0. The van der Waals surface area contributed by atoms with E-state index in [1.807, 2.05) is 0 Å². The summed E-state index contributed by atoms with van der Waals surface area (Å²) in [6.45, 7) is 0.667. The molecular weight excluding hydrogens is 238 g/mol. The molecule has 98 valence electrons. The van der Waals surface area contributed by atoms with Crippen molar-refractivity contribution < 1.29 is 10.0 Å². The fourth-order valence-corrected chi connectivity index (χ4v) is 1.90. The zero-order chi connectivity index (χ0) is 13.2. The Morgan fingerprint density at radius 2 is 2.28 bits per heavy atom. The molecule has 0 radical (unpaired) electrons. The van der Waals surface area contributed by atoms with Gasteiger partial charge in [-0.2, -0.15) is 0 Å². The van der Waals surface area contributed by atoms with Crippen LogP contribution in [0.15, 0.2) is 6.33 Å². The second-order valence-corrected chi connectivity index (χ2v) is 4.54. The van der Waals surface area contributed by atoms with Crippen molar-refractivity contribution in [2.24, 2.45) is 5.41 Å². The molecule has 8 heteroatoms. The van der Waals surface area contributed by atoms with Crippen molar-refractivity contribution in [3.05, 3.63) is 16.4 Å². The van der Waals surface area contributed by atoms with E-state index in [1.54, 1.807) is 0 Å². The highest BCUT2D eigenvalue weighted by Crippen LogP contribution is 2.48. The van der Waals surface area contributed by atoms with Crippen LogP contribution < -0.4 is 11.1 Å². The molecule has 1 fully saturated rings. The maximum absolute atomic E-state index is 10.9. The largest absolute Gasteiger partial charge is 0.396 e. The van der Waals surface area contributed by atoms with Crippen LogP contribution in [-0.4, -0.2) is 33.1 Å². The van der Waals surface area contributed by atoms with E-state index in [4.69, 9.17) is 10.8 Å². The summed E-state index contributed by atoms with van der Waals surface area (Å²) in [7, 11) is 0. The summed E-state index contributed by atoms with van der Waals surface area (Å²) in [5, 5.41) is 22.8. The number of aliphatic hydroxyl groups excluding tert-OH is 1. The molecule has 1 aromatic heterocycles. The molecule has 0 bridgehead atoms. The molecule has 0 amide bonds. The molecule has 0 unspecified atom stereocenters. The van der Waals surface area contributed by atoms with Crippen LogP contribution in [0.2, 0.25) is 0 Å². The number of aliphatic hydroxyl groups is 1. The van der Waals surface area contributed by atoms with Gasteiger partial charge in [0.15, 0.2) is 0 Å². The van der Waals surface area contributed by atoms with Crippen molar-refractivity contribution >= 4 is 17.3 Å². The lowest BCUT2D eigenvalue weighted by molar-refractivity contribution is -0.383. The molecule has 0 aliphatic heterocycles. The first-order valence-electron chi connectivity index (χ1n) is 5.68. The summed E-state index contributed by atoms with van der Waals surface area (Å²) >= 11 is 0. The Balaban J connectivity index is 2.10. The van der Waals surface area contributed by atoms with Gasteiger partial charge >= 0.3 is 5.69 Å². The van der Waals surface area contributed by atoms with E-state index in [0.29, 0.717) is 13.0 Å². The maximum atomic E-state index is 10.9. The van der Waals surface area contributed by atoms with Crippen molar-refractivity contribution in [1.82, 2.24) is 9.97 Å². The molecule has 1 saturated carbocycles. The molecular formula is C10H15N5O3. The van der Waals surface area contributed by atoms with Crippen LogP contribution in [0.3, 0.4) is 0 Å². The van der Waals surface area contributed by atoms with Gasteiger partial charge < -0.3 is 16.2 Å². The van der Waals surface area contributed by atoms with E-state index in [1.165, 1.54) is 6.33 Å². The summed E-state index contributed by atoms with van der Waals surface area (Å²) in [6.07, 6.45) is 3.90. The number of nitro groups is 1. The average Bonchev–Trinajstić information content (AvgIpc) is 3.07. The number of nitrogens with one attached hydrogen (secondary N) is 1. The highest BCUT2D eigenvalue weighted by molar-refractivity contribution is 5.67. The van der Waals surface area contributed by atoms with Gasteiger partial charge in [-0.3, -0.25) is 10.1 Å². The fraction of sp³-hybridized carbons (Fsp3) is 0.600. The number of hydrogen-bond acceptors (Lipinski definition) is 7. The summed E-state index contributed by atoms with van der Waals surface area (Å²) < 4.78 is 0. The van der Waals surface area contributed by atoms with Gasteiger partial charge in [-0.05, 0) is 24.7 Å². The summed E-state index contributed by atoms with van der Waals surface area (Å²) in [5.41, 5.74) is 5.21. The first-order valence-corrected chi connectivity index (χ1v) is 5.68. The van der Waals surface area contributed by atoms with Crippen molar-refractivity contribution in [1.29, 1.82) is 0 Å². The van der Waals surface area contributed by atoms with E-state index in [0.717, 1.165) is 12.8 Å². The van der Waals surface area contributed by atoms with Gasteiger partial charge in [0.05, 0.1) is 4.92 Å². The third kappa shape index (κ3) is 2.48. The second kappa shape index (κ2) is 4.73. The van der Waals surface area contributed by atoms with Gasteiger partial charge in [-0.1, -0.05) is 0 Å². The molecule has 1 aliphatic carbocycles. The number of rotatable bonds is 6. The number of nitrogens with two attached hydrogens (primary N) is 1. The number of aromatic nitrogens is 2. The molecule has 0 aromatic carbocycles. The predicted octanol–water partition coefficient (Wildman–Crippen LogP) is 0.541. The quantitative estimate of drug-likeness (QED) is 0.498. The van der Waals surface area contributed by atoms with Gasteiger partial charge in [-0.15, -0.1) is 0 Å². The molecule has 0 spiro atoms. The van der Waals surface area contributed by atoms with Crippen LogP contribution in [0.1, 0.15) is 19.3 Å². The first-order chi connectivity index (χ1) is 8.58. The third-order valence-corrected chi connectivity index (χ3v) is 3.26. The smallest absolute Gasteiger partial charge is 0.352 e. The van der Waals surface area contributed by atoms with E-state index in [9.17, 15) is 10.1 Å². The molecule has 0 saturated heterocycles. The van der Waals surface area contributed by atoms with Crippen LogP contribution in [0.5, 0.6) is 0 Å². The number of anilines is 2. The molecule has 0 atom stereocenters. The molecule has 18 heavy (non-hydrogen) atoms. The second-order valence-electron chi connectivity index (χ2n) is 4.54. The van der Waals surface area contributed by atoms with E-state index < -0.39 is 4.92 Å². The van der Waals surface area contributed by atoms with Crippen molar-refractivity contribution in [2.45, 2.75) is 19.3 Å². The molecule has 8 nitrogen and oxygen atoms in total. The van der Waals surface area contributed by atoms with E-state index in [-0.39, 0.29) is 29.3 Å². The maximum Gasteiger partial charge on any atom is 0.352 e. The Morgan fingerprint density at radius 3 is 2.83 bits per heavy atom. The summed E-state index contributed by atoms with van der Waals surface area (Å²) in [5.74, 6) is -0.0128. The van der Waals surface area contributed by atoms with Gasteiger partial charge in [0.2, 0.25) is 11.6 Å². The van der Waals surface area contributed by atoms with Crippen molar-refractivity contribution in [3.63, 3.8) is 0 Å². The summed E-state index contributed by atoms with van der Waals surface area (Å²) in [4.78, 5) is 17.7. The van der Waals surface area contributed by atoms with Crippen LogP contribution in [0.4, 0.5) is 17.3 Å². The minimum Gasteiger partial charge on any atom is -0.396 e.